The molecule has 2 N–H and O–H groups in total. The van der Waals surface area contributed by atoms with Crippen LogP contribution in [0.4, 0.5) is 0 Å². The van der Waals surface area contributed by atoms with Crippen LogP contribution in [0.5, 0.6) is 17.2 Å². The number of hydrogen-bond acceptors (Lipinski definition) is 6. The molecule has 0 bridgehead atoms. The Bertz CT molecular complexity index is 644. The Labute approximate surface area is 209 Å². The van der Waals surface area contributed by atoms with E-state index in [0.717, 1.165) is 88.2 Å². The third kappa shape index (κ3) is 9.99. The highest BCUT2D eigenvalue weighted by molar-refractivity contribution is 14.0. The first-order valence-electron chi connectivity index (χ1n) is 11.2. The van der Waals surface area contributed by atoms with Crippen LogP contribution in [0.15, 0.2) is 17.1 Å². The molecule has 1 aromatic rings. The fourth-order valence-electron chi connectivity index (χ4n) is 3.49. The van der Waals surface area contributed by atoms with E-state index >= 15 is 0 Å². The first-order chi connectivity index (χ1) is 15.2. The first kappa shape index (κ1) is 28.6. The maximum atomic E-state index is 5.82. The lowest BCUT2D eigenvalue weighted by molar-refractivity contribution is 0.0205. The van der Waals surface area contributed by atoms with E-state index in [0.29, 0.717) is 18.2 Å². The lowest BCUT2D eigenvalue weighted by atomic mass is 10.0. The lowest BCUT2D eigenvalue weighted by Gasteiger charge is -2.21. The third-order valence-electron chi connectivity index (χ3n) is 5.24. The van der Waals surface area contributed by atoms with Crippen LogP contribution in [0.3, 0.4) is 0 Å². The summed E-state index contributed by atoms with van der Waals surface area (Å²) in [6.45, 7) is 7.58. The number of benzene rings is 1. The van der Waals surface area contributed by atoms with Gasteiger partial charge in [0.05, 0.1) is 21.3 Å². The molecule has 0 radical (unpaired) electrons. The molecule has 1 aliphatic heterocycles. The van der Waals surface area contributed by atoms with E-state index in [9.17, 15) is 0 Å². The molecule has 0 amide bonds. The van der Waals surface area contributed by atoms with Crippen molar-refractivity contribution in [2.75, 3.05) is 67.4 Å². The van der Waals surface area contributed by atoms with E-state index in [-0.39, 0.29) is 24.0 Å². The zero-order valence-corrected chi connectivity index (χ0v) is 22.2. The van der Waals surface area contributed by atoms with Crippen molar-refractivity contribution in [2.45, 2.75) is 32.6 Å². The minimum atomic E-state index is 0. The predicted octanol–water partition coefficient (Wildman–Crippen LogP) is 3.26. The van der Waals surface area contributed by atoms with E-state index in [1.807, 2.05) is 12.1 Å². The Morgan fingerprint density at radius 2 is 1.75 bits per heavy atom. The second-order valence-corrected chi connectivity index (χ2v) is 7.43. The number of rotatable bonds is 13. The summed E-state index contributed by atoms with van der Waals surface area (Å²) in [5.41, 5.74) is 0.996. The second kappa shape index (κ2) is 17.1. The Balaban J connectivity index is 0.00000512. The molecule has 1 fully saturated rings. The van der Waals surface area contributed by atoms with Crippen molar-refractivity contribution in [1.29, 1.82) is 0 Å². The maximum absolute atomic E-state index is 5.82. The molecule has 1 heterocycles. The lowest BCUT2D eigenvalue weighted by Crippen LogP contribution is -2.38. The topological polar surface area (TPSA) is 82.6 Å². The molecule has 1 aliphatic rings. The summed E-state index contributed by atoms with van der Waals surface area (Å²) in [6.07, 6.45) is 3.85. The molecule has 9 heteroatoms. The number of ether oxygens (including phenoxy) is 5. The summed E-state index contributed by atoms with van der Waals surface area (Å²) in [7, 11) is 4.94. The van der Waals surface area contributed by atoms with Gasteiger partial charge in [-0.25, -0.2) is 0 Å². The van der Waals surface area contributed by atoms with Crippen LogP contribution in [0.25, 0.3) is 0 Å². The van der Waals surface area contributed by atoms with Gasteiger partial charge >= 0.3 is 0 Å². The molecule has 0 spiro atoms. The quantitative estimate of drug-likeness (QED) is 0.165. The maximum Gasteiger partial charge on any atom is 0.191 e. The standard InChI is InChI=1S/C23H39N3O5.HI/c1-5-24-23(25-10-6-12-31-17-18-8-13-30-14-9-18)26-11-7-20-21(28-3)15-19(27-2)16-22(20)29-4;/h15-16,18H,5-14,17H2,1-4H3,(H2,24,25,26);1H. The molecular weight excluding hydrogens is 525 g/mol. The van der Waals surface area contributed by atoms with Crippen LogP contribution >= 0.6 is 24.0 Å². The minimum absolute atomic E-state index is 0. The Morgan fingerprint density at radius 1 is 1.06 bits per heavy atom. The highest BCUT2D eigenvalue weighted by Crippen LogP contribution is 2.34. The molecule has 184 valence electrons. The monoisotopic (exact) mass is 565 g/mol. The minimum Gasteiger partial charge on any atom is -0.496 e. The molecule has 32 heavy (non-hydrogen) atoms. The number of methoxy groups -OCH3 is 3. The van der Waals surface area contributed by atoms with Crippen molar-refractivity contribution in [3.05, 3.63) is 17.7 Å². The van der Waals surface area contributed by atoms with Gasteiger partial charge in [-0.3, -0.25) is 4.99 Å². The van der Waals surface area contributed by atoms with Gasteiger partial charge in [0.15, 0.2) is 5.96 Å². The summed E-state index contributed by atoms with van der Waals surface area (Å²) >= 11 is 0. The van der Waals surface area contributed by atoms with Gasteiger partial charge in [0.25, 0.3) is 0 Å². The zero-order chi connectivity index (χ0) is 22.3. The van der Waals surface area contributed by atoms with Gasteiger partial charge in [-0.05, 0) is 38.5 Å². The molecule has 0 unspecified atom stereocenters. The van der Waals surface area contributed by atoms with Crippen LogP contribution in [0.1, 0.15) is 31.7 Å². The summed E-state index contributed by atoms with van der Waals surface area (Å²) in [4.78, 5) is 4.65. The van der Waals surface area contributed by atoms with Crippen molar-refractivity contribution in [2.24, 2.45) is 10.9 Å². The van der Waals surface area contributed by atoms with Gasteiger partial charge in [0.2, 0.25) is 0 Å². The third-order valence-corrected chi connectivity index (χ3v) is 5.24. The molecule has 0 atom stereocenters. The van der Waals surface area contributed by atoms with E-state index in [2.05, 4.69) is 22.5 Å². The van der Waals surface area contributed by atoms with E-state index < -0.39 is 0 Å². The average Bonchev–Trinajstić information content (AvgIpc) is 2.81. The molecule has 8 nitrogen and oxygen atoms in total. The average molecular weight is 565 g/mol. The van der Waals surface area contributed by atoms with Crippen LogP contribution in [0.2, 0.25) is 0 Å². The van der Waals surface area contributed by atoms with E-state index in [1.54, 1.807) is 21.3 Å². The molecule has 0 aliphatic carbocycles. The van der Waals surface area contributed by atoms with Gasteiger partial charge in [-0.2, -0.15) is 0 Å². The van der Waals surface area contributed by atoms with Crippen molar-refractivity contribution in [1.82, 2.24) is 10.6 Å². The normalized spacial score (nSPS) is 14.4. The summed E-state index contributed by atoms with van der Waals surface area (Å²) < 4.78 is 27.6. The van der Waals surface area contributed by atoms with Gasteiger partial charge in [0, 0.05) is 63.8 Å². The van der Waals surface area contributed by atoms with Gasteiger partial charge in [-0.1, -0.05) is 0 Å². The highest BCUT2D eigenvalue weighted by atomic mass is 127. The predicted molar refractivity (Wildman–Crippen MR) is 138 cm³/mol. The molecule has 0 aromatic heterocycles. The number of nitrogens with one attached hydrogen (secondary N) is 2. The van der Waals surface area contributed by atoms with Crippen molar-refractivity contribution >= 4 is 29.9 Å². The molecule has 2 rings (SSSR count). The Hall–Kier alpha value is -1.46. The Kier molecular flexibility index (Phi) is 15.2. The fraction of sp³-hybridized carbons (Fsp3) is 0.696. The number of halogens is 1. The van der Waals surface area contributed by atoms with Crippen molar-refractivity contribution in [3.8, 4) is 17.2 Å². The number of guanidine groups is 1. The van der Waals surface area contributed by atoms with Crippen molar-refractivity contribution in [3.63, 3.8) is 0 Å². The summed E-state index contributed by atoms with van der Waals surface area (Å²) in [5.74, 6) is 3.66. The number of hydrogen-bond donors (Lipinski definition) is 2. The number of nitrogens with zero attached hydrogens (tertiary/aromatic N) is 1. The van der Waals surface area contributed by atoms with Crippen LogP contribution in [0, 0.1) is 5.92 Å². The largest absolute Gasteiger partial charge is 0.496 e. The highest BCUT2D eigenvalue weighted by Gasteiger charge is 2.14. The summed E-state index contributed by atoms with van der Waals surface area (Å²) in [5, 5.41) is 6.67. The molecular formula is C23H40IN3O5. The Morgan fingerprint density at radius 3 is 2.34 bits per heavy atom. The van der Waals surface area contributed by atoms with Crippen LogP contribution in [-0.4, -0.2) is 73.4 Å². The van der Waals surface area contributed by atoms with Gasteiger partial charge < -0.3 is 34.3 Å². The van der Waals surface area contributed by atoms with Crippen molar-refractivity contribution < 1.29 is 23.7 Å². The van der Waals surface area contributed by atoms with Gasteiger partial charge in [-0.15, -0.1) is 24.0 Å². The van der Waals surface area contributed by atoms with E-state index in [1.165, 1.54) is 0 Å². The molecule has 1 aromatic carbocycles. The smallest absolute Gasteiger partial charge is 0.191 e. The second-order valence-electron chi connectivity index (χ2n) is 7.43. The first-order valence-corrected chi connectivity index (χ1v) is 11.2. The van der Waals surface area contributed by atoms with Gasteiger partial charge in [0.1, 0.15) is 17.2 Å². The zero-order valence-electron chi connectivity index (χ0n) is 19.9. The summed E-state index contributed by atoms with van der Waals surface area (Å²) in [6, 6.07) is 3.75. The fourth-order valence-corrected chi connectivity index (χ4v) is 3.49. The molecule has 1 saturated heterocycles. The number of aliphatic imine (C=N–C) groups is 1. The van der Waals surface area contributed by atoms with Crippen LogP contribution in [-0.2, 0) is 15.9 Å². The molecule has 0 saturated carbocycles. The SMILES string of the molecule is CCNC(=NCCCOCC1CCOCC1)NCCc1c(OC)cc(OC)cc1OC.I. The van der Waals surface area contributed by atoms with E-state index in [4.69, 9.17) is 23.7 Å². The van der Waals surface area contributed by atoms with Crippen LogP contribution < -0.4 is 24.8 Å².